The number of carbonyl (C=O) groups excluding carboxylic acids is 2. The minimum atomic E-state index is -3.92. The first-order valence-electron chi connectivity index (χ1n) is 9.20. The van der Waals surface area contributed by atoms with Crippen molar-refractivity contribution in [3.05, 3.63) is 29.8 Å². The second kappa shape index (κ2) is 9.23. The van der Waals surface area contributed by atoms with Gasteiger partial charge in [0.2, 0.25) is 10.0 Å². The van der Waals surface area contributed by atoms with E-state index in [9.17, 15) is 26.4 Å². The van der Waals surface area contributed by atoms with Crippen LogP contribution in [0.5, 0.6) is 0 Å². The predicted octanol–water partition coefficient (Wildman–Crippen LogP) is 0.241. The molecule has 0 spiro atoms. The first-order chi connectivity index (χ1) is 13.4. The van der Waals surface area contributed by atoms with Gasteiger partial charge in [0.1, 0.15) is 6.04 Å². The van der Waals surface area contributed by atoms with Crippen molar-refractivity contribution >= 4 is 31.7 Å². The van der Waals surface area contributed by atoms with Crippen LogP contribution in [0.25, 0.3) is 0 Å². The number of nitrogens with zero attached hydrogens (tertiary/aromatic N) is 1. The lowest BCUT2D eigenvalue weighted by Gasteiger charge is -2.26. The van der Waals surface area contributed by atoms with Gasteiger partial charge < -0.3 is 9.64 Å². The van der Waals surface area contributed by atoms with Crippen molar-refractivity contribution in [3.63, 3.8) is 0 Å². The number of hydrogen-bond donors (Lipinski definition) is 1. The fourth-order valence-electron chi connectivity index (χ4n) is 3.07. The average Bonchev–Trinajstić information content (AvgIpc) is 2.99. The maximum atomic E-state index is 12.4. The minimum Gasteiger partial charge on any atom is -0.454 e. The molecule has 2 atom stereocenters. The Labute approximate surface area is 171 Å². The second-order valence-corrected chi connectivity index (χ2v) is 10.9. The molecule has 0 aromatic heterocycles. The lowest BCUT2D eigenvalue weighted by atomic mass is 10.2. The number of amides is 1. The van der Waals surface area contributed by atoms with Gasteiger partial charge in [0, 0.05) is 12.6 Å². The van der Waals surface area contributed by atoms with Gasteiger partial charge in [0.15, 0.2) is 16.4 Å². The molecule has 0 saturated carbocycles. The van der Waals surface area contributed by atoms with Crippen molar-refractivity contribution in [2.24, 2.45) is 0 Å². The molecule has 1 saturated heterocycles. The zero-order valence-electron chi connectivity index (χ0n) is 16.6. The quantitative estimate of drug-likeness (QED) is 0.567. The number of rotatable bonds is 8. The molecule has 1 fully saturated rings. The number of ether oxygens (including phenoxy) is 1. The van der Waals surface area contributed by atoms with Gasteiger partial charge in [-0.1, -0.05) is 17.7 Å². The lowest BCUT2D eigenvalue weighted by Crippen LogP contribution is -2.45. The number of aryl methyl sites for hydroxylation is 1. The summed E-state index contributed by atoms with van der Waals surface area (Å²) in [5, 5.41) is 0. The molecule has 1 heterocycles. The van der Waals surface area contributed by atoms with Crippen molar-refractivity contribution in [2.75, 3.05) is 24.7 Å². The van der Waals surface area contributed by atoms with E-state index in [2.05, 4.69) is 4.72 Å². The summed E-state index contributed by atoms with van der Waals surface area (Å²) in [6.45, 7) is 4.55. The molecule has 0 radical (unpaired) electrons. The highest BCUT2D eigenvalue weighted by Gasteiger charge is 2.34. The molecule has 0 aliphatic carbocycles. The summed E-state index contributed by atoms with van der Waals surface area (Å²) in [6.07, 6.45) is 0.350. The normalized spacial score (nSPS) is 19.5. The molecule has 1 aliphatic rings. The Hall–Kier alpha value is -1.98. The summed E-state index contributed by atoms with van der Waals surface area (Å²) in [5.41, 5.74) is 0.894. The van der Waals surface area contributed by atoms with Crippen LogP contribution < -0.4 is 4.72 Å². The van der Waals surface area contributed by atoms with E-state index in [0.29, 0.717) is 6.42 Å². The zero-order chi connectivity index (χ0) is 21.8. The highest BCUT2D eigenvalue weighted by Crippen LogP contribution is 2.18. The molecule has 1 aromatic rings. The summed E-state index contributed by atoms with van der Waals surface area (Å²) in [5.74, 6) is -1.49. The van der Waals surface area contributed by atoms with Gasteiger partial charge in [-0.15, -0.1) is 0 Å². The van der Waals surface area contributed by atoms with Gasteiger partial charge in [-0.25, -0.2) is 16.8 Å². The summed E-state index contributed by atoms with van der Waals surface area (Å²) in [4.78, 5) is 25.9. The summed E-state index contributed by atoms with van der Waals surface area (Å²) >= 11 is 0. The number of sulfonamides is 1. The second-order valence-electron chi connectivity index (χ2n) is 7.00. The third kappa shape index (κ3) is 6.25. The lowest BCUT2D eigenvalue weighted by molar-refractivity contribution is -0.153. The topological polar surface area (TPSA) is 127 Å². The van der Waals surface area contributed by atoms with Gasteiger partial charge in [0.05, 0.1) is 16.4 Å². The van der Waals surface area contributed by atoms with Crippen LogP contribution in [0.15, 0.2) is 29.2 Å². The molecule has 1 unspecified atom stereocenters. The van der Waals surface area contributed by atoms with Crippen molar-refractivity contribution in [1.82, 2.24) is 9.62 Å². The Morgan fingerprint density at radius 2 is 1.90 bits per heavy atom. The predicted molar refractivity (Wildman–Crippen MR) is 106 cm³/mol. The fourth-order valence-corrected chi connectivity index (χ4v) is 5.99. The average molecular weight is 447 g/mol. The van der Waals surface area contributed by atoms with Gasteiger partial charge >= 0.3 is 5.97 Å². The molecule has 29 heavy (non-hydrogen) atoms. The van der Waals surface area contributed by atoms with Crippen molar-refractivity contribution in [2.45, 2.75) is 44.2 Å². The van der Waals surface area contributed by atoms with Crippen LogP contribution in [0.1, 0.15) is 25.8 Å². The van der Waals surface area contributed by atoms with E-state index in [1.165, 1.54) is 24.0 Å². The van der Waals surface area contributed by atoms with E-state index < -0.39 is 50.4 Å². The molecule has 2 rings (SSSR count). The molecule has 11 heteroatoms. The molecular formula is C18H26N2O7S2. The van der Waals surface area contributed by atoms with E-state index in [0.717, 1.165) is 5.56 Å². The first kappa shape index (κ1) is 23.3. The minimum absolute atomic E-state index is 0.0124. The van der Waals surface area contributed by atoms with Crippen LogP contribution in [0.4, 0.5) is 0 Å². The number of carbonyl (C=O) groups is 2. The third-order valence-corrected chi connectivity index (χ3v) is 7.97. The van der Waals surface area contributed by atoms with Gasteiger partial charge in [-0.3, -0.25) is 9.59 Å². The van der Waals surface area contributed by atoms with Gasteiger partial charge in [-0.2, -0.15) is 4.72 Å². The fraction of sp³-hybridized carbons (Fsp3) is 0.556. The molecular weight excluding hydrogens is 420 g/mol. The zero-order valence-corrected chi connectivity index (χ0v) is 18.3. The van der Waals surface area contributed by atoms with Gasteiger partial charge in [-0.05, 0) is 39.3 Å². The molecule has 1 amide bonds. The number of likely N-dealkylation sites (N-methyl/N-ethyl adjacent to an activating group) is 1. The summed E-state index contributed by atoms with van der Waals surface area (Å²) in [7, 11) is -7.08. The SMILES string of the molecule is CCN(C(=O)COC(=O)[C@H](C)NS(=O)(=O)c1ccc(C)cc1)C1CCS(=O)(=O)C1. The third-order valence-electron chi connectivity index (χ3n) is 4.66. The van der Waals surface area contributed by atoms with E-state index in [1.54, 1.807) is 19.1 Å². The largest absolute Gasteiger partial charge is 0.454 e. The standard InChI is InChI=1S/C18H26N2O7S2/c1-4-20(15-9-10-28(23,24)12-15)17(21)11-27-18(22)14(3)19-29(25,26)16-7-5-13(2)6-8-16/h5-8,14-15,19H,4,9-12H2,1-3H3/t14-,15?/m0/s1. The molecule has 9 nitrogen and oxygen atoms in total. The monoisotopic (exact) mass is 446 g/mol. The van der Waals surface area contributed by atoms with Gasteiger partial charge in [0.25, 0.3) is 5.91 Å². The van der Waals surface area contributed by atoms with Crippen molar-refractivity contribution in [1.29, 1.82) is 0 Å². The van der Waals surface area contributed by atoms with Crippen molar-refractivity contribution < 1.29 is 31.2 Å². The highest BCUT2D eigenvalue weighted by molar-refractivity contribution is 7.91. The van der Waals surface area contributed by atoms with Crippen LogP contribution in [-0.4, -0.2) is 70.4 Å². The number of nitrogens with one attached hydrogen (secondary N) is 1. The smallest absolute Gasteiger partial charge is 0.324 e. The van der Waals surface area contributed by atoms with Crippen molar-refractivity contribution in [3.8, 4) is 0 Å². The molecule has 162 valence electrons. The summed E-state index contributed by atoms with van der Waals surface area (Å²) in [6, 6.07) is 4.49. The van der Waals surface area contributed by atoms with E-state index in [4.69, 9.17) is 4.74 Å². The van der Waals surface area contributed by atoms with Crippen LogP contribution in [0.2, 0.25) is 0 Å². The van der Waals surface area contributed by atoms with E-state index in [1.807, 2.05) is 6.92 Å². The highest BCUT2D eigenvalue weighted by atomic mass is 32.2. The summed E-state index contributed by atoms with van der Waals surface area (Å²) < 4.78 is 55.1. The molecule has 1 aliphatic heterocycles. The van der Waals surface area contributed by atoms with Crippen LogP contribution in [0, 0.1) is 6.92 Å². The maximum Gasteiger partial charge on any atom is 0.324 e. The molecule has 0 bridgehead atoms. The Bertz CT molecular complexity index is 956. The molecule has 1 aromatic carbocycles. The van der Waals surface area contributed by atoms with Crippen LogP contribution in [0.3, 0.4) is 0 Å². The Kier molecular flexibility index (Phi) is 7.41. The Morgan fingerprint density at radius 1 is 1.28 bits per heavy atom. The van der Waals surface area contributed by atoms with E-state index in [-0.39, 0.29) is 22.9 Å². The van der Waals surface area contributed by atoms with E-state index >= 15 is 0 Å². The maximum absolute atomic E-state index is 12.4. The Morgan fingerprint density at radius 3 is 2.41 bits per heavy atom. The van der Waals surface area contributed by atoms with Crippen LogP contribution >= 0.6 is 0 Å². The Balaban J connectivity index is 1.92. The number of benzene rings is 1. The number of sulfone groups is 1. The van der Waals surface area contributed by atoms with Crippen LogP contribution in [-0.2, 0) is 34.2 Å². The number of esters is 1. The first-order valence-corrected chi connectivity index (χ1v) is 12.5. The number of hydrogen-bond acceptors (Lipinski definition) is 7. The molecule has 1 N–H and O–H groups in total.